The van der Waals surface area contributed by atoms with Crippen molar-refractivity contribution in [3.05, 3.63) is 53.1 Å². The molecule has 1 atom stereocenters. The number of anilines is 3. The Labute approximate surface area is 188 Å². The highest BCUT2D eigenvalue weighted by molar-refractivity contribution is 5.95. The summed E-state index contributed by atoms with van der Waals surface area (Å²) < 4.78 is 39.5. The van der Waals surface area contributed by atoms with Crippen LogP contribution in [-0.4, -0.2) is 39.1 Å². The van der Waals surface area contributed by atoms with Crippen molar-refractivity contribution in [3.8, 4) is 11.4 Å². The van der Waals surface area contributed by atoms with E-state index >= 15 is 0 Å². The molecule has 0 fully saturated rings. The number of nitrogens with two attached hydrogens (primary N) is 1. The second-order valence-electron chi connectivity index (χ2n) is 7.41. The van der Waals surface area contributed by atoms with E-state index in [2.05, 4.69) is 15.4 Å². The van der Waals surface area contributed by atoms with E-state index in [4.69, 9.17) is 11.1 Å². The van der Waals surface area contributed by atoms with Crippen LogP contribution < -0.4 is 16.4 Å². The van der Waals surface area contributed by atoms with Crippen LogP contribution in [0.25, 0.3) is 11.4 Å². The van der Waals surface area contributed by atoms with E-state index in [1.807, 2.05) is 18.3 Å². The standard InChI is InChI=1S/C22H24F3N7O/c1-4-15-16(11-26)17(27)9-10-18(15)29-21-30-19(31-32(21)3)13-5-7-14(8-6-13)20(33)28-12(2)22(23,24)25/h5-12,26H,4,27H2,1-3H3,(H,28,33)(H,29,30,31). The van der Waals surface area contributed by atoms with Crippen LogP contribution in [-0.2, 0) is 13.5 Å². The Balaban J connectivity index is 1.81. The molecule has 174 valence electrons. The van der Waals surface area contributed by atoms with Gasteiger partial charge in [0.25, 0.3) is 5.91 Å². The van der Waals surface area contributed by atoms with Gasteiger partial charge in [0.1, 0.15) is 6.04 Å². The zero-order valence-corrected chi connectivity index (χ0v) is 18.3. The lowest BCUT2D eigenvalue weighted by atomic mass is 10.0. The zero-order valence-electron chi connectivity index (χ0n) is 18.3. The van der Waals surface area contributed by atoms with Gasteiger partial charge in [0.2, 0.25) is 5.95 Å². The Morgan fingerprint density at radius 1 is 1.24 bits per heavy atom. The Morgan fingerprint density at radius 2 is 1.91 bits per heavy atom. The highest BCUT2D eigenvalue weighted by Crippen LogP contribution is 2.28. The maximum atomic E-state index is 12.7. The highest BCUT2D eigenvalue weighted by Gasteiger charge is 2.37. The van der Waals surface area contributed by atoms with Crippen LogP contribution in [0.4, 0.5) is 30.5 Å². The molecule has 3 rings (SSSR count). The fourth-order valence-electron chi connectivity index (χ4n) is 3.22. The van der Waals surface area contributed by atoms with Crippen molar-refractivity contribution in [2.75, 3.05) is 11.1 Å². The Bertz CT molecular complexity index is 1170. The topological polar surface area (TPSA) is 122 Å². The van der Waals surface area contributed by atoms with Crippen molar-refractivity contribution in [3.63, 3.8) is 0 Å². The molecule has 2 aromatic carbocycles. The first-order chi connectivity index (χ1) is 15.5. The number of amides is 1. The van der Waals surface area contributed by atoms with Crippen LogP contribution in [0.15, 0.2) is 36.4 Å². The number of carbonyl (C=O) groups excluding carboxylic acids is 1. The molecule has 5 N–H and O–H groups in total. The number of hydrogen-bond acceptors (Lipinski definition) is 6. The molecule has 33 heavy (non-hydrogen) atoms. The van der Waals surface area contributed by atoms with Crippen LogP contribution in [0.5, 0.6) is 0 Å². The van der Waals surface area contributed by atoms with E-state index < -0.39 is 18.1 Å². The maximum Gasteiger partial charge on any atom is 0.408 e. The lowest BCUT2D eigenvalue weighted by Gasteiger charge is -2.17. The molecule has 8 nitrogen and oxygen atoms in total. The lowest BCUT2D eigenvalue weighted by molar-refractivity contribution is -0.149. The summed E-state index contributed by atoms with van der Waals surface area (Å²) in [4.78, 5) is 16.6. The third-order valence-corrected chi connectivity index (χ3v) is 5.14. The van der Waals surface area contributed by atoms with Gasteiger partial charge in [0.05, 0.1) is 0 Å². The minimum atomic E-state index is -4.52. The van der Waals surface area contributed by atoms with Crippen LogP contribution in [0, 0.1) is 5.41 Å². The summed E-state index contributed by atoms with van der Waals surface area (Å²) in [7, 11) is 1.71. The summed E-state index contributed by atoms with van der Waals surface area (Å²) in [5.74, 6) is -0.00206. The summed E-state index contributed by atoms with van der Waals surface area (Å²) in [6, 6.07) is 7.55. The van der Waals surface area contributed by atoms with Crippen molar-refractivity contribution in [2.45, 2.75) is 32.5 Å². The average Bonchev–Trinajstić information content (AvgIpc) is 3.14. The van der Waals surface area contributed by atoms with E-state index in [1.165, 1.54) is 18.3 Å². The normalized spacial score (nSPS) is 12.3. The molecule has 1 unspecified atom stereocenters. The number of nitrogen functional groups attached to an aromatic ring is 1. The van der Waals surface area contributed by atoms with E-state index in [0.29, 0.717) is 35.0 Å². The van der Waals surface area contributed by atoms with Crippen molar-refractivity contribution < 1.29 is 18.0 Å². The molecule has 1 heterocycles. The summed E-state index contributed by atoms with van der Waals surface area (Å²) >= 11 is 0. The number of halogens is 3. The first-order valence-electron chi connectivity index (χ1n) is 10.1. The molecular formula is C22H24F3N7O. The quantitative estimate of drug-likeness (QED) is 0.314. The van der Waals surface area contributed by atoms with E-state index in [1.54, 1.807) is 29.9 Å². The number of aromatic nitrogens is 3. The average molecular weight is 459 g/mol. The smallest absolute Gasteiger partial charge is 0.398 e. The largest absolute Gasteiger partial charge is 0.408 e. The van der Waals surface area contributed by atoms with E-state index in [9.17, 15) is 18.0 Å². The van der Waals surface area contributed by atoms with Gasteiger partial charge in [-0.05, 0) is 43.2 Å². The number of nitrogens with zero attached hydrogens (tertiary/aromatic N) is 3. The molecule has 0 saturated carbocycles. The summed E-state index contributed by atoms with van der Waals surface area (Å²) in [6.07, 6.45) is -2.65. The molecule has 0 aliphatic rings. The zero-order chi connectivity index (χ0) is 24.3. The van der Waals surface area contributed by atoms with Gasteiger partial charge in [0.15, 0.2) is 5.82 Å². The summed E-state index contributed by atoms with van der Waals surface area (Å²) in [5, 5.41) is 17.1. The maximum absolute atomic E-state index is 12.7. The van der Waals surface area contributed by atoms with Crippen LogP contribution in [0.3, 0.4) is 0 Å². The van der Waals surface area contributed by atoms with Gasteiger partial charge in [-0.1, -0.05) is 19.1 Å². The predicted molar refractivity (Wildman–Crippen MR) is 121 cm³/mol. The van der Waals surface area contributed by atoms with Crippen molar-refractivity contribution in [2.24, 2.45) is 7.05 Å². The molecule has 0 bridgehead atoms. The first kappa shape index (κ1) is 23.8. The minimum Gasteiger partial charge on any atom is -0.398 e. The second-order valence-corrected chi connectivity index (χ2v) is 7.41. The fraction of sp³-hybridized carbons (Fsp3) is 0.273. The van der Waals surface area contributed by atoms with Gasteiger partial charge in [-0.3, -0.25) is 4.79 Å². The SMILES string of the molecule is CCc1c(Nc2nc(-c3ccc(C(=O)NC(C)C(F)(F)F)cc3)nn2C)ccc(N)c1C=N. The number of rotatable bonds is 7. The van der Waals surface area contributed by atoms with Crippen molar-refractivity contribution in [1.82, 2.24) is 20.1 Å². The molecule has 0 saturated heterocycles. The molecule has 0 aliphatic carbocycles. The van der Waals surface area contributed by atoms with E-state index in [-0.39, 0.29) is 5.56 Å². The third kappa shape index (κ3) is 5.13. The minimum absolute atomic E-state index is 0.0952. The van der Waals surface area contributed by atoms with Gasteiger partial charge >= 0.3 is 6.18 Å². The predicted octanol–water partition coefficient (Wildman–Crippen LogP) is 4.05. The first-order valence-corrected chi connectivity index (χ1v) is 10.1. The van der Waals surface area contributed by atoms with E-state index in [0.717, 1.165) is 18.2 Å². The molecule has 0 spiro atoms. The van der Waals surface area contributed by atoms with Gasteiger partial charge < -0.3 is 21.8 Å². The summed E-state index contributed by atoms with van der Waals surface area (Å²) in [6.45, 7) is 2.84. The van der Waals surface area contributed by atoms with Crippen molar-refractivity contribution in [1.29, 1.82) is 5.41 Å². The number of aryl methyl sites for hydroxylation is 1. The number of hydrogen-bond donors (Lipinski definition) is 4. The molecule has 1 amide bonds. The van der Waals surface area contributed by atoms with Crippen LogP contribution in [0.2, 0.25) is 0 Å². The second kappa shape index (κ2) is 9.31. The summed E-state index contributed by atoms with van der Waals surface area (Å²) in [5.41, 5.74) is 9.42. The van der Waals surface area contributed by atoms with Gasteiger partial charge in [0, 0.05) is 41.3 Å². The molecule has 11 heteroatoms. The molecule has 3 aromatic rings. The Hall–Kier alpha value is -3.89. The van der Waals surface area contributed by atoms with Crippen LogP contribution >= 0.6 is 0 Å². The lowest BCUT2D eigenvalue weighted by Crippen LogP contribution is -2.43. The molecule has 0 aliphatic heterocycles. The van der Waals surface area contributed by atoms with Gasteiger partial charge in [-0.15, -0.1) is 5.10 Å². The molecule has 0 radical (unpaired) electrons. The Morgan fingerprint density at radius 3 is 2.48 bits per heavy atom. The van der Waals surface area contributed by atoms with Crippen molar-refractivity contribution >= 4 is 29.4 Å². The highest BCUT2D eigenvalue weighted by atomic mass is 19.4. The number of alkyl halides is 3. The Kier molecular flexibility index (Phi) is 6.70. The van der Waals surface area contributed by atoms with Crippen LogP contribution in [0.1, 0.15) is 35.3 Å². The van der Waals surface area contributed by atoms with Gasteiger partial charge in [-0.2, -0.15) is 18.2 Å². The number of carbonyl (C=O) groups is 1. The number of benzene rings is 2. The molecular weight excluding hydrogens is 435 g/mol. The number of nitrogens with one attached hydrogen (secondary N) is 3. The third-order valence-electron chi connectivity index (χ3n) is 5.14. The van der Waals surface area contributed by atoms with Gasteiger partial charge in [-0.25, -0.2) is 4.68 Å². The fourth-order valence-corrected chi connectivity index (χ4v) is 3.22. The molecule has 1 aromatic heterocycles. The monoisotopic (exact) mass is 459 g/mol.